The minimum atomic E-state index is -0.467. The van der Waals surface area contributed by atoms with E-state index in [9.17, 15) is 4.79 Å². The van der Waals surface area contributed by atoms with Gasteiger partial charge in [0.1, 0.15) is 12.3 Å². The van der Waals surface area contributed by atoms with Crippen molar-refractivity contribution < 1.29 is 13.9 Å². The molecule has 1 aliphatic heterocycles. The molecule has 1 fully saturated rings. The highest BCUT2D eigenvalue weighted by molar-refractivity contribution is 9.10. The highest BCUT2D eigenvalue weighted by Gasteiger charge is 2.29. The number of hydrogen-bond donors (Lipinski definition) is 1. The van der Waals surface area contributed by atoms with E-state index in [0.29, 0.717) is 11.2 Å². The molecular formula is C13H15BrN4O3. The molecule has 0 bridgehead atoms. The van der Waals surface area contributed by atoms with Crippen LogP contribution in [0.4, 0.5) is 0 Å². The Balaban J connectivity index is 1.95. The van der Waals surface area contributed by atoms with Crippen LogP contribution >= 0.6 is 15.9 Å². The van der Waals surface area contributed by atoms with Gasteiger partial charge in [0.15, 0.2) is 10.4 Å². The lowest BCUT2D eigenvalue weighted by Gasteiger charge is -2.13. The van der Waals surface area contributed by atoms with Crippen LogP contribution in [0.15, 0.2) is 21.2 Å². The van der Waals surface area contributed by atoms with E-state index in [0.717, 1.165) is 30.8 Å². The molecule has 8 heteroatoms. The minimum Gasteiger partial charge on any atom is -0.464 e. The molecule has 1 saturated heterocycles. The molecule has 1 atom stereocenters. The van der Waals surface area contributed by atoms with Gasteiger partial charge in [-0.05, 0) is 47.4 Å². The summed E-state index contributed by atoms with van der Waals surface area (Å²) >= 11 is 3.27. The Morgan fingerprint density at radius 3 is 3.10 bits per heavy atom. The molecule has 3 rings (SSSR count). The molecular weight excluding hydrogens is 340 g/mol. The zero-order chi connectivity index (χ0) is 14.8. The molecule has 7 nitrogen and oxygen atoms in total. The SMILES string of the molecule is COC(=O)c1nnn(Cc2ccc(Br)o2)c1C1CCCN1. The number of nitrogens with zero attached hydrogens (tertiary/aromatic N) is 3. The Morgan fingerprint density at radius 1 is 1.62 bits per heavy atom. The number of ether oxygens (including phenoxy) is 1. The predicted molar refractivity (Wildman–Crippen MR) is 76.8 cm³/mol. The second-order valence-corrected chi connectivity index (χ2v) is 5.61. The lowest BCUT2D eigenvalue weighted by atomic mass is 10.1. The highest BCUT2D eigenvalue weighted by atomic mass is 79.9. The van der Waals surface area contributed by atoms with Gasteiger partial charge in [-0.2, -0.15) is 0 Å². The Bertz CT molecular complexity index is 646. The van der Waals surface area contributed by atoms with Crippen LogP contribution in [0.3, 0.4) is 0 Å². The smallest absolute Gasteiger partial charge is 0.360 e. The fourth-order valence-corrected chi connectivity index (χ4v) is 2.87. The van der Waals surface area contributed by atoms with Crippen molar-refractivity contribution in [3.05, 3.63) is 34.0 Å². The van der Waals surface area contributed by atoms with Gasteiger partial charge in [0.25, 0.3) is 0 Å². The monoisotopic (exact) mass is 354 g/mol. The predicted octanol–water partition coefficient (Wildman–Crippen LogP) is 1.89. The molecule has 0 saturated carbocycles. The molecule has 0 amide bonds. The molecule has 112 valence electrons. The molecule has 2 aromatic heterocycles. The van der Waals surface area contributed by atoms with Gasteiger partial charge in [-0.1, -0.05) is 5.21 Å². The summed E-state index contributed by atoms with van der Waals surface area (Å²) in [7, 11) is 1.34. The zero-order valence-electron chi connectivity index (χ0n) is 11.5. The van der Waals surface area contributed by atoms with Crippen LogP contribution in [0.1, 0.15) is 40.8 Å². The van der Waals surface area contributed by atoms with Crippen molar-refractivity contribution in [3.63, 3.8) is 0 Å². The molecule has 0 aliphatic carbocycles. The number of halogens is 1. The Morgan fingerprint density at radius 2 is 2.48 bits per heavy atom. The van der Waals surface area contributed by atoms with Gasteiger partial charge in [0, 0.05) is 0 Å². The van der Waals surface area contributed by atoms with Crippen molar-refractivity contribution in [1.82, 2.24) is 20.3 Å². The van der Waals surface area contributed by atoms with E-state index >= 15 is 0 Å². The number of hydrogen-bond acceptors (Lipinski definition) is 6. The van der Waals surface area contributed by atoms with Crippen LogP contribution in [-0.2, 0) is 11.3 Å². The number of nitrogens with one attached hydrogen (secondary N) is 1. The first-order valence-corrected chi connectivity index (χ1v) is 7.47. The van der Waals surface area contributed by atoms with Crippen LogP contribution < -0.4 is 5.32 Å². The number of esters is 1. The van der Waals surface area contributed by atoms with Crippen molar-refractivity contribution in [2.75, 3.05) is 13.7 Å². The third-order valence-electron chi connectivity index (χ3n) is 3.48. The molecule has 21 heavy (non-hydrogen) atoms. The lowest BCUT2D eigenvalue weighted by Crippen LogP contribution is -2.21. The van der Waals surface area contributed by atoms with E-state index in [1.165, 1.54) is 7.11 Å². The van der Waals surface area contributed by atoms with Gasteiger partial charge >= 0.3 is 5.97 Å². The van der Waals surface area contributed by atoms with Crippen molar-refractivity contribution >= 4 is 21.9 Å². The van der Waals surface area contributed by atoms with E-state index in [-0.39, 0.29) is 11.7 Å². The summed E-state index contributed by atoms with van der Waals surface area (Å²) < 4.78 is 12.6. The minimum absolute atomic E-state index is 0.0625. The summed E-state index contributed by atoms with van der Waals surface area (Å²) in [4.78, 5) is 11.9. The number of methoxy groups -OCH3 is 1. The standard InChI is InChI=1S/C13H15BrN4O3/c1-20-13(19)11-12(9-3-2-6-15-9)18(17-16-11)7-8-4-5-10(14)21-8/h4-5,9,15H,2-3,6-7H2,1H3. The fourth-order valence-electron chi connectivity index (χ4n) is 2.53. The van der Waals surface area contributed by atoms with Crippen molar-refractivity contribution in [3.8, 4) is 0 Å². The average Bonchev–Trinajstić information content (AvgIpc) is 3.19. The van der Waals surface area contributed by atoms with Crippen LogP contribution in [0.2, 0.25) is 0 Å². The first-order valence-electron chi connectivity index (χ1n) is 6.68. The van der Waals surface area contributed by atoms with Gasteiger partial charge in [-0.3, -0.25) is 0 Å². The first kappa shape index (κ1) is 14.3. The number of rotatable bonds is 4. The van der Waals surface area contributed by atoms with E-state index < -0.39 is 5.97 Å². The number of furan rings is 1. The fraction of sp³-hybridized carbons (Fsp3) is 0.462. The Labute approximate surface area is 129 Å². The third-order valence-corrected chi connectivity index (χ3v) is 3.90. The maximum Gasteiger partial charge on any atom is 0.360 e. The van der Waals surface area contributed by atoms with Gasteiger partial charge in [-0.25, -0.2) is 9.48 Å². The van der Waals surface area contributed by atoms with E-state index in [2.05, 4.69) is 31.6 Å². The normalized spacial score (nSPS) is 18.1. The quantitative estimate of drug-likeness (QED) is 0.844. The van der Waals surface area contributed by atoms with Gasteiger partial charge in [0.05, 0.1) is 18.8 Å². The summed E-state index contributed by atoms with van der Waals surface area (Å²) in [5.41, 5.74) is 1.02. The molecule has 1 aliphatic rings. The van der Waals surface area contributed by atoms with E-state index in [1.54, 1.807) is 4.68 Å². The second kappa shape index (κ2) is 5.98. The highest BCUT2D eigenvalue weighted by Crippen LogP contribution is 2.26. The second-order valence-electron chi connectivity index (χ2n) is 4.83. The molecule has 1 N–H and O–H groups in total. The number of carbonyl (C=O) groups is 1. The number of aromatic nitrogens is 3. The third kappa shape index (κ3) is 2.86. The molecule has 0 radical (unpaired) electrons. The Kier molecular flexibility index (Phi) is 4.07. The van der Waals surface area contributed by atoms with Gasteiger partial charge in [0.2, 0.25) is 0 Å². The van der Waals surface area contributed by atoms with E-state index in [1.807, 2.05) is 12.1 Å². The Hall–Kier alpha value is -1.67. The molecule has 0 spiro atoms. The van der Waals surface area contributed by atoms with Crippen LogP contribution in [0.5, 0.6) is 0 Å². The maximum absolute atomic E-state index is 11.9. The maximum atomic E-state index is 11.9. The largest absolute Gasteiger partial charge is 0.464 e. The van der Waals surface area contributed by atoms with Crippen molar-refractivity contribution in [1.29, 1.82) is 0 Å². The summed E-state index contributed by atoms with van der Waals surface area (Å²) in [6, 6.07) is 3.74. The summed E-state index contributed by atoms with van der Waals surface area (Å²) in [6.07, 6.45) is 2.00. The molecule has 2 aromatic rings. The van der Waals surface area contributed by atoms with Crippen molar-refractivity contribution in [2.45, 2.75) is 25.4 Å². The summed E-state index contributed by atoms with van der Waals surface area (Å²) in [5, 5.41) is 11.4. The van der Waals surface area contributed by atoms with E-state index in [4.69, 9.17) is 9.15 Å². The van der Waals surface area contributed by atoms with Crippen LogP contribution in [0.25, 0.3) is 0 Å². The van der Waals surface area contributed by atoms with Crippen molar-refractivity contribution in [2.24, 2.45) is 0 Å². The topological polar surface area (TPSA) is 82.2 Å². The zero-order valence-corrected chi connectivity index (χ0v) is 13.1. The molecule has 3 heterocycles. The van der Waals surface area contributed by atoms with Gasteiger partial charge < -0.3 is 14.5 Å². The summed E-state index contributed by atoms with van der Waals surface area (Å²) in [5.74, 6) is 0.271. The van der Waals surface area contributed by atoms with Gasteiger partial charge in [-0.15, -0.1) is 5.10 Å². The van der Waals surface area contributed by atoms with Crippen LogP contribution in [0, 0.1) is 0 Å². The number of carbonyl (C=O) groups excluding carboxylic acids is 1. The molecule has 0 aromatic carbocycles. The van der Waals surface area contributed by atoms with Crippen LogP contribution in [-0.4, -0.2) is 34.6 Å². The molecule has 1 unspecified atom stereocenters. The first-order chi connectivity index (χ1) is 10.2. The lowest BCUT2D eigenvalue weighted by molar-refractivity contribution is 0.0591. The average molecular weight is 355 g/mol. The summed E-state index contributed by atoms with van der Waals surface area (Å²) in [6.45, 7) is 1.34.